The van der Waals surface area contributed by atoms with Crippen LogP contribution in [0, 0.1) is 0 Å². The minimum Gasteiger partial charge on any atom is -0.139 e. The Kier molecular flexibility index (Phi) is 1.78. The van der Waals surface area contributed by atoms with Crippen molar-refractivity contribution in [1.82, 2.24) is 0 Å². The largest absolute Gasteiger partial charge is 0.139 e. The Labute approximate surface area is 70.1 Å². The molecule has 3 nitrogen and oxygen atoms in total. The van der Waals surface area contributed by atoms with E-state index < -0.39 is 0 Å². The third kappa shape index (κ3) is 1.29. The second kappa shape index (κ2) is 3.09. The van der Waals surface area contributed by atoms with Gasteiger partial charge in [-0.1, -0.05) is 24.3 Å². The first-order chi connectivity index (χ1) is 5.97. The Bertz CT molecular complexity index is 329. The standard InChI is InChI=1S/C9H7N3/c1-2-6-9-8(4-1)5-3-7-10-12-11-9/h1-7H/b5-3-,7-3?,8-5?,10-7-,11-9?,12-10?,12-11-. The van der Waals surface area contributed by atoms with Crippen LogP contribution in [0.4, 0.5) is 5.69 Å². The van der Waals surface area contributed by atoms with Crippen LogP contribution in [0.25, 0.3) is 6.08 Å². The molecule has 2 rings (SSSR count). The van der Waals surface area contributed by atoms with E-state index in [1.807, 2.05) is 36.4 Å². The van der Waals surface area contributed by atoms with Gasteiger partial charge in [0.15, 0.2) is 0 Å². The molecular weight excluding hydrogens is 150 g/mol. The summed E-state index contributed by atoms with van der Waals surface area (Å²) < 4.78 is 0. The lowest BCUT2D eigenvalue weighted by Crippen LogP contribution is -1.75. The average Bonchev–Trinajstić information content (AvgIpc) is 2.06. The molecule has 1 heterocycles. The lowest BCUT2D eigenvalue weighted by atomic mass is 10.2. The van der Waals surface area contributed by atoms with Gasteiger partial charge in [0.2, 0.25) is 0 Å². The molecule has 0 aliphatic carbocycles. The van der Waals surface area contributed by atoms with Gasteiger partial charge in [-0.3, -0.25) is 0 Å². The fraction of sp³-hybridized carbons (Fsp3) is 0. The molecule has 0 radical (unpaired) electrons. The Morgan fingerprint density at radius 2 is 2.00 bits per heavy atom. The molecule has 12 heavy (non-hydrogen) atoms. The molecule has 0 saturated heterocycles. The lowest BCUT2D eigenvalue weighted by molar-refractivity contribution is 1.06. The highest BCUT2D eigenvalue weighted by Gasteiger charge is 1.95. The zero-order valence-electron chi connectivity index (χ0n) is 6.38. The highest BCUT2D eigenvalue weighted by molar-refractivity contribution is 5.80. The summed E-state index contributed by atoms with van der Waals surface area (Å²) in [4.78, 5) is 0. The zero-order chi connectivity index (χ0) is 8.23. The van der Waals surface area contributed by atoms with Crippen LogP contribution >= 0.6 is 0 Å². The average molecular weight is 157 g/mol. The predicted octanol–water partition coefficient (Wildman–Crippen LogP) is 2.78. The van der Waals surface area contributed by atoms with Gasteiger partial charge in [0.25, 0.3) is 0 Å². The van der Waals surface area contributed by atoms with Crippen molar-refractivity contribution in [3.63, 3.8) is 0 Å². The molecule has 3 heteroatoms. The van der Waals surface area contributed by atoms with Crippen molar-refractivity contribution in [2.24, 2.45) is 15.4 Å². The van der Waals surface area contributed by atoms with Gasteiger partial charge >= 0.3 is 0 Å². The van der Waals surface area contributed by atoms with Gasteiger partial charge < -0.3 is 0 Å². The summed E-state index contributed by atoms with van der Waals surface area (Å²) in [7, 11) is 0. The molecule has 0 fully saturated rings. The molecule has 0 aromatic heterocycles. The topological polar surface area (TPSA) is 37.1 Å². The van der Waals surface area contributed by atoms with Crippen LogP contribution < -0.4 is 0 Å². The third-order valence-corrected chi connectivity index (χ3v) is 1.57. The number of hydrogen-bond acceptors (Lipinski definition) is 3. The van der Waals surface area contributed by atoms with Gasteiger partial charge in [-0.2, -0.15) is 0 Å². The predicted molar refractivity (Wildman–Crippen MR) is 48.5 cm³/mol. The van der Waals surface area contributed by atoms with E-state index in [0.29, 0.717) is 0 Å². The van der Waals surface area contributed by atoms with Crippen molar-refractivity contribution >= 4 is 18.0 Å². The Morgan fingerprint density at radius 1 is 1.08 bits per heavy atom. The first-order valence-corrected chi connectivity index (χ1v) is 3.66. The van der Waals surface area contributed by atoms with Crippen LogP contribution in [0.2, 0.25) is 0 Å². The third-order valence-electron chi connectivity index (χ3n) is 1.57. The quantitative estimate of drug-likeness (QED) is 0.555. The molecule has 0 unspecified atom stereocenters. The van der Waals surface area contributed by atoms with Crippen molar-refractivity contribution in [2.45, 2.75) is 0 Å². The Balaban J connectivity index is 2.54. The Morgan fingerprint density at radius 3 is 3.00 bits per heavy atom. The molecule has 0 N–H and O–H groups in total. The van der Waals surface area contributed by atoms with E-state index in [2.05, 4.69) is 15.4 Å². The van der Waals surface area contributed by atoms with E-state index in [9.17, 15) is 0 Å². The molecule has 1 aromatic rings. The summed E-state index contributed by atoms with van der Waals surface area (Å²) in [6.45, 7) is 0. The summed E-state index contributed by atoms with van der Waals surface area (Å²) in [5.74, 6) is 0. The fourth-order valence-electron chi connectivity index (χ4n) is 1.01. The van der Waals surface area contributed by atoms with Crippen LogP contribution in [0.5, 0.6) is 0 Å². The van der Waals surface area contributed by atoms with E-state index in [1.165, 1.54) is 0 Å². The number of rotatable bonds is 0. The lowest BCUT2D eigenvalue weighted by Gasteiger charge is -1.97. The maximum absolute atomic E-state index is 3.92. The molecular formula is C9H7N3. The highest BCUT2D eigenvalue weighted by Crippen LogP contribution is 2.20. The van der Waals surface area contributed by atoms with Gasteiger partial charge in [-0.15, -0.1) is 10.2 Å². The maximum atomic E-state index is 3.92. The van der Waals surface area contributed by atoms with Crippen LogP contribution in [-0.4, -0.2) is 6.21 Å². The van der Waals surface area contributed by atoms with Crippen molar-refractivity contribution in [3.8, 4) is 0 Å². The monoisotopic (exact) mass is 157 g/mol. The van der Waals surface area contributed by atoms with Crippen molar-refractivity contribution in [2.75, 3.05) is 0 Å². The number of hydrogen-bond donors (Lipinski definition) is 0. The SMILES string of the molecule is C1=C/c2ccccc2\N=N/N=C\1. The summed E-state index contributed by atoms with van der Waals surface area (Å²) in [6, 6.07) is 7.79. The minimum atomic E-state index is 0.852. The fourth-order valence-corrected chi connectivity index (χ4v) is 1.01. The van der Waals surface area contributed by atoms with Crippen LogP contribution in [0.3, 0.4) is 0 Å². The van der Waals surface area contributed by atoms with Crippen molar-refractivity contribution < 1.29 is 0 Å². The number of allylic oxidation sites excluding steroid dienone is 1. The van der Waals surface area contributed by atoms with Crippen molar-refractivity contribution in [1.29, 1.82) is 0 Å². The second-order valence-electron chi connectivity index (χ2n) is 2.37. The van der Waals surface area contributed by atoms with Crippen LogP contribution in [-0.2, 0) is 0 Å². The molecule has 0 spiro atoms. The molecule has 0 atom stereocenters. The van der Waals surface area contributed by atoms with Gasteiger partial charge in [0, 0.05) is 5.56 Å². The van der Waals surface area contributed by atoms with E-state index in [0.717, 1.165) is 11.3 Å². The highest BCUT2D eigenvalue weighted by atomic mass is 15.4. The van der Waals surface area contributed by atoms with Gasteiger partial charge in [-0.25, -0.2) is 0 Å². The Hall–Kier alpha value is -1.77. The zero-order valence-corrected chi connectivity index (χ0v) is 6.38. The first-order valence-electron chi connectivity index (χ1n) is 3.66. The molecule has 58 valence electrons. The van der Waals surface area contributed by atoms with Gasteiger partial charge in [0.1, 0.15) is 0 Å². The number of fused-ring (bicyclic) bond motifs is 1. The molecule has 0 bridgehead atoms. The molecule has 0 saturated carbocycles. The molecule has 1 aliphatic rings. The second-order valence-corrected chi connectivity index (χ2v) is 2.37. The van der Waals surface area contributed by atoms with E-state index in [-0.39, 0.29) is 0 Å². The van der Waals surface area contributed by atoms with Gasteiger partial charge in [-0.05, 0) is 17.4 Å². The van der Waals surface area contributed by atoms with E-state index in [1.54, 1.807) is 6.21 Å². The summed E-state index contributed by atoms with van der Waals surface area (Å²) in [5, 5.41) is 11.2. The van der Waals surface area contributed by atoms with Crippen molar-refractivity contribution in [3.05, 3.63) is 35.9 Å². The summed E-state index contributed by atoms with van der Waals surface area (Å²) >= 11 is 0. The van der Waals surface area contributed by atoms with E-state index >= 15 is 0 Å². The molecule has 1 aromatic carbocycles. The van der Waals surface area contributed by atoms with Gasteiger partial charge in [0.05, 0.1) is 11.9 Å². The normalized spacial score (nSPS) is 21.7. The number of benzene rings is 1. The molecule has 0 amide bonds. The van der Waals surface area contributed by atoms with Crippen LogP contribution in [0.15, 0.2) is 45.8 Å². The van der Waals surface area contributed by atoms with E-state index in [4.69, 9.17) is 0 Å². The summed E-state index contributed by atoms with van der Waals surface area (Å²) in [5.41, 5.74) is 1.91. The minimum absolute atomic E-state index is 0.852. The van der Waals surface area contributed by atoms with Crippen LogP contribution in [0.1, 0.15) is 5.56 Å². The first kappa shape index (κ1) is 6.91. The summed E-state index contributed by atoms with van der Waals surface area (Å²) in [6.07, 6.45) is 5.41. The smallest absolute Gasteiger partial charge is 0.0947 e. The maximum Gasteiger partial charge on any atom is 0.0947 e. The molecule has 1 aliphatic heterocycles. The number of nitrogens with zero attached hydrogens (tertiary/aromatic N) is 3.